The number of hydrogen-bond acceptors (Lipinski definition) is 4. The quantitative estimate of drug-likeness (QED) is 0.540. The molecule has 0 saturated carbocycles. The first-order valence-electron chi connectivity index (χ1n) is 8.76. The van der Waals surface area contributed by atoms with E-state index >= 15 is 0 Å². The van der Waals surface area contributed by atoms with Crippen LogP contribution in [0.4, 0.5) is 5.69 Å². The molecule has 28 heavy (non-hydrogen) atoms. The van der Waals surface area contributed by atoms with Crippen molar-refractivity contribution in [3.8, 4) is 22.9 Å². The van der Waals surface area contributed by atoms with Gasteiger partial charge < -0.3 is 19.8 Å². The van der Waals surface area contributed by atoms with Gasteiger partial charge in [-0.05, 0) is 36.4 Å². The summed E-state index contributed by atoms with van der Waals surface area (Å²) in [5.41, 5.74) is 3.98. The molecule has 0 saturated heterocycles. The number of nitrogens with one attached hydrogen (secondary N) is 2. The smallest absolute Gasteiger partial charge is 0.255 e. The van der Waals surface area contributed by atoms with Gasteiger partial charge >= 0.3 is 0 Å². The molecule has 2 N–H and O–H groups in total. The third-order valence-electron chi connectivity index (χ3n) is 4.45. The van der Waals surface area contributed by atoms with Crippen molar-refractivity contribution in [3.05, 3.63) is 72.3 Å². The van der Waals surface area contributed by atoms with Gasteiger partial charge in [-0.25, -0.2) is 4.98 Å². The van der Waals surface area contributed by atoms with Crippen molar-refractivity contribution >= 4 is 22.6 Å². The minimum absolute atomic E-state index is 0.205. The number of aromatic nitrogens is 2. The van der Waals surface area contributed by atoms with Crippen molar-refractivity contribution in [2.75, 3.05) is 19.5 Å². The third kappa shape index (κ3) is 3.40. The standard InChI is InChI=1S/C22H19N3O3/c1-27-19-12-11-16(13-20(19)28-2)23-22(26)15-9-7-14(8-10-15)21-24-17-5-3-4-6-18(17)25-21/h3-13H,1-2H3,(H,23,26)(H,24,25). The Morgan fingerprint density at radius 2 is 1.68 bits per heavy atom. The van der Waals surface area contributed by atoms with E-state index in [9.17, 15) is 4.79 Å². The van der Waals surface area contributed by atoms with E-state index in [0.717, 1.165) is 22.4 Å². The molecule has 0 radical (unpaired) electrons. The Kier molecular flexibility index (Phi) is 4.68. The number of aromatic amines is 1. The predicted octanol–water partition coefficient (Wildman–Crippen LogP) is 4.50. The van der Waals surface area contributed by atoms with E-state index in [0.29, 0.717) is 22.7 Å². The molecule has 0 aliphatic heterocycles. The number of imidazole rings is 1. The second-order valence-corrected chi connectivity index (χ2v) is 6.20. The number of fused-ring (bicyclic) bond motifs is 1. The number of anilines is 1. The van der Waals surface area contributed by atoms with Crippen molar-refractivity contribution < 1.29 is 14.3 Å². The highest BCUT2D eigenvalue weighted by molar-refractivity contribution is 6.04. The number of carbonyl (C=O) groups excluding carboxylic acids is 1. The molecule has 1 amide bonds. The summed E-state index contributed by atoms with van der Waals surface area (Å²) in [5, 5.41) is 2.87. The zero-order valence-electron chi connectivity index (χ0n) is 15.5. The zero-order chi connectivity index (χ0) is 19.5. The Hall–Kier alpha value is -3.80. The summed E-state index contributed by atoms with van der Waals surface area (Å²) in [6, 6.07) is 20.4. The summed E-state index contributed by atoms with van der Waals surface area (Å²) in [6.45, 7) is 0. The predicted molar refractivity (Wildman–Crippen MR) is 109 cm³/mol. The minimum atomic E-state index is -0.205. The van der Waals surface area contributed by atoms with Crippen LogP contribution in [0.2, 0.25) is 0 Å². The van der Waals surface area contributed by atoms with Gasteiger partial charge in [-0.1, -0.05) is 24.3 Å². The van der Waals surface area contributed by atoms with Crippen LogP contribution in [0.25, 0.3) is 22.4 Å². The van der Waals surface area contributed by atoms with Gasteiger partial charge in [-0.2, -0.15) is 0 Å². The second kappa shape index (κ2) is 7.44. The number of amides is 1. The van der Waals surface area contributed by atoms with Gasteiger partial charge in [0, 0.05) is 22.9 Å². The largest absolute Gasteiger partial charge is 0.493 e. The highest BCUT2D eigenvalue weighted by Crippen LogP contribution is 2.30. The van der Waals surface area contributed by atoms with E-state index in [1.165, 1.54) is 0 Å². The number of benzene rings is 3. The molecule has 4 rings (SSSR count). The van der Waals surface area contributed by atoms with Crippen molar-refractivity contribution in [2.24, 2.45) is 0 Å². The molecular formula is C22H19N3O3. The van der Waals surface area contributed by atoms with Gasteiger partial charge in [0.25, 0.3) is 5.91 Å². The molecule has 0 aliphatic rings. The molecule has 6 nitrogen and oxygen atoms in total. The third-order valence-corrected chi connectivity index (χ3v) is 4.45. The lowest BCUT2D eigenvalue weighted by molar-refractivity contribution is 0.102. The molecule has 4 aromatic rings. The molecule has 0 spiro atoms. The van der Waals surface area contributed by atoms with Crippen LogP contribution in [0, 0.1) is 0 Å². The van der Waals surface area contributed by atoms with Crippen molar-refractivity contribution in [1.29, 1.82) is 0 Å². The first-order valence-corrected chi connectivity index (χ1v) is 8.76. The van der Waals surface area contributed by atoms with Crippen LogP contribution < -0.4 is 14.8 Å². The topological polar surface area (TPSA) is 76.2 Å². The second-order valence-electron chi connectivity index (χ2n) is 6.20. The fourth-order valence-electron chi connectivity index (χ4n) is 2.99. The van der Waals surface area contributed by atoms with E-state index in [1.807, 2.05) is 36.4 Å². The summed E-state index contributed by atoms with van der Waals surface area (Å²) in [5.74, 6) is 1.73. The maximum atomic E-state index is 12.6. The lowest BCUT2D eigenvalue weighted by Crippen LogP contribution is -2.11. The fourth-order valence-corrected chi connectivity index (χ4v) is 2.99. The fraction of sp³-hybridized carbons (Fsp3) is 0.0909. The molecular weight excluding hydrogens is 354 g/mol. The Morgan fingerprint density at radius 1 is 0.929 bits per heavy atom. The average Bonchev–Trinajstić information content (AvgIpc) is 3.18. The van der Waals surface area contributed by atoms with E-state index in [4.69, 9.17) is 9.47 Å². The van der Waals surface area contributed by atoms with Crippen LogP contribution >= 0.6 is 0 Å². The van der Waals surface area contributed by atoms with Crippen LogP contribution in [0.5, 0.6) is 11.5 Å². The monoisotopic (exact) mass is 373 g/mol. The Morgan fingerprint density at radius 3 is 2.39 bits per heavy atom. The minimum Gasteiger partial charge on any atom is -0.493 e. The molecule has 0 aliphatic carbocycles. The molecule has 0 unspecified atom stereocenters. The number of rotatable bonds is 5. The first-order chi connectivity index (χ1) is 13.7. The van der Waals surface area contributed by atoms with Crippen LogP contribution in [-0.2, 0) is 0 Å². The molecule has 0 fully saturated rings. The molecule has 6 heteroatoms. The molecule has 140 valence electrons. The van der Waals surface area contributed by atoms with Crippen LogP contribution in [0.15, 0.2) is 66.7 Å². The van der Waals surface area contributed by atoms with Crippen molar-refractivity contribution in [3.63, 3.8) is 0 Å². The lowest BCUT2D eigenvalue weighted by atomic mass is 10.1. The van der Waals surface area contributed by atoms with Crippen LogP contribution in [0.3, 0.4) is 0 Å². The van der Waals surface area contributed by atoms with Gasteiger partial charge in [-0.3, -0.25) is 4.79 Å². The van der Waals surface area contributed by atoms with Gasteiger partial charge in [0.05, 0.1) is 25.3 Å². The number of hydrogen-bond donors (Lipinski definition) is 2. The summed E-state index contributed by atoms with van der Waals surface area (Å²) < 4.78 is 10.5. The van der Waals surface area contributed by atoms with Crippen molar-refractivity contribution in [1.82, 2.24) is 9.97 Å². The van der Waals surface area contributed by atoms with E-state index in [2.05, 4.69) is 15.3 Å². The summed E-state index contributed by atoms with van der Waals surface area (Å²) >= 11 is 0. The summed E-state index contributed by atoms with van der Waals surface area (Å²) in [6.07, 6.45) is 0. The maximum absolute atomic E-state index is 12.6. The van der Waals surface area contributed by atoms with Gasteiger partial charge in [0.2, 0.25) is 0 Å². The summed E-state index contributed by atoms with van der Waals surface area (Å²) in [4.78, 5) is 20.4. The molecule has 0 atom stereocenters. The van der Waals surface area contributed by atoms with E-state index in [-0.39, 0.29) is 5.91 Å². The van der Waals surface area contributed by atoms with Crippen molar-refractivity contribution in [2.45, 2.75) is 0 Å². The lowest BCUT2D eigenvalue weighted by Gasteiger charge is -2.10. The maximum Gasteiger partial charge on any atom is 0.255 e. The Labute approximate surface area is 162 Å². The molecule has 0 bridgehead atoms. The van der Waals surface area contributed by atoms with Gasteiger partial charge in [0.15, 0.2) is 11.5 Å². The molecule has 1 aromatic heterocycles. The number of H-pyrrole nitrogens is 1. The number of ether oxygens (including phenoxy) is 2. The highest BCUT2D eigenvalue weighted by atomic mass is 16.5. The number of methoxy groups -OCH3 is 2. The Balaban J connectivity index is 1.52. The zero-order valence-corrected chi connectivity index (χ0v) is 15.5. The highest BCUT2D eigenvalue weighted by Gasteiger charge is 2.11. The molecule has 1 heterocycles. The number of carbonyl (C=O) groups is 1. The van der Waals surface area contributed by atoms with Crippen LogP contribution in [-0.4, -0.2) is 30.1 Å². The molecule has 3 aromatic carbocycles. The van der Waals surface area contributed by atoms with Crippen LogP contribution in [0.1, 0.15) is 10.4 Å². The number of para-hydroxylation sites is 2. The van der Waals surface area contributed by atoms with Gasteiger partial charge in [-0.15, -0.1) is 0 Å². The normalized spacial score (nSPS) is 10.6. The SMILES string of the molecule is COc1ccc(NC(=O)c2ccc(-c3nc4ccccc4[nH]3)cc2)cc1OC. The van der Waals surface area contributed by atoms with E-state index in [1.54, 1.807) is 44.6 Å². The summed E-state index contributed by atoms with van der Waals surface area (Å²) in [7, 11) is 3.12. The van der Waals surface area contributed by atoms with Gasteiger partial charge in [0.1, 0.15) is 5.82 Å². The first kappa shape index (κ1) is 17.6. The number of nitrogens with zero attached hydrogens (tertiary/aromatic N) is 1. The average molecular weight is 373 g/mol. The van der Waals surface area contributed by atoms with E-state index < -0.39 is 0 Å². The Bertz CT molecular complexity index is 1100.